The van der Waals surface area contributed by atoms with Gasteiger partial charge in [-0.3, -0.25) is 9.48 Å². The van der Waals surface area contributed by atoms with E-state index in [-0.39, 0.29) is 10.8 Å². The molecule has 2 aromatic heterocycles. The van der Waals surface area contributed by atoms with E-state index in [1.807, 2.05) is 24.6 Å². The predicted octanol–water partition coefficient (Wildman–Crippen LogP) is 1.65. The molecule has 0 saturated heterocycles. The van der Waals surface area contributed by atoms with E-state index >= 15 is 0 Å². The molecule has 0 fully saturated rings. The summed E-state index contributed by atoms with van der Waals surface area (Å²) in [5.41, 5.74) is 2.89. The molecular weight excluding hydrogens is 398 g/mol. The van der Waals surface area contributed by atoms with Gasteiger partial charge in [0.05, 0.1) is 17.1 Å². The van der Waals surface area contributed by atoms with E-state index in [9.17, 15) is 13.2 Å². The molecule has 0 unspecified atom stereocenters. The van der Waals surface area contributed by atoms with Gasteiger partial charge in [0.15, 0.2) is 0 Å². The molecule has 146 valence electrons. The quantitative estimate of drug-likeness (QED) is 0.696. The summed E-state index contributed by atoms with van der Waals surface area (Å²) in [7, 11) is -0.470. The number of hydrogen-bond acceptors (Lipinski definition) is 6. The summed E-state index contributed by atoms with van der Waals surface area (Å²) in [5, 5.41) is 10.1. The average molecular weight is 418 g/mol. The minimum Gasteiger partial charge on any atom is -0.332 e. The first-order valence-electron chi connectivity index (χ1n) is 8.69. The highest BCUT2D eigenvalue weighted by atomic mass is 32.2. The van der Waals surface area contributed by atoms with Gasteiger partial charge in [0.25, 0.3) is 5.91 Å². The molecule has 1 aromatic carbocycles. The van der Waals surface area contributed by atoms with Crippen LogP contribution in [0.4, 0.5) is 0 Å². The lowest BCUT2D eigenvalue weighted by atomic mass is 10.0. The van der Waals surface area contributed by atoms with Gasteiger partial charge in [0.1, 0.15) is 5.69 Å². The van der Waals surface area contributed by atoms with E-state index in [1.165, 1.54) is 30.5 Å². The van der Waals surface area contributed by atoms with Crippen LogP contribution in [0, 0.1) is 0 Å². The van der Waals surface area contributed by atoms with E-state index in [4.69, 9.17) is 0 Å². The standard InChI is InChI=1S/C18H19N5O3S2/c1-19-28(25,26)12-5-6-13(17-4-3-9-27-17)14(10-12)18(24)23-8-7-16-15(11-23)20-21-22(16)2/h3-6,9-10,19H,7-8,11H2,1-2H3. The van der Waals surface area contributed by atoms with Gasteiger partial charge in [-0.2, -0.15) is 0 Å². The molecule has 0 radical (unpaired) electrons. The highest BCUT2D eigenvalue weighted by molar-refractivity contribution is 7.89. The number of thiophene rings is 1. The molecule has 1 aliphatic rings. The molecule has 28 heavy (non-hydrogen) atoms. The Kier molecular flexibility index (Phi) is 4.77. The number of carbonyl (C=O) groups is 1. The fraction of sp³-hybridized carbons (Fsp3) is 0.278. The van der Waals surface area contributed by atoms with Crippen LogP contribution in [-0.4, -0.2) is 47.8 Å². The second-order valence-electron chi connectivity index (χ2n) is 6.48. The van der Waals surface area contributed by atoms with Gasteiger partial charge >= 0.3 is 0 Å². The van der Waals surface area contributed by atoms with E-state index in [0.717, 1.165) is 21.8 Å². The number of carbonyl (C=O) groups excluding carboxylic acids is 1. The summed E-state index contributed by atoms with van der Waals surface area (Å²) >= 11 is 1.50. The van der Waals surface area contributed by atoms with Gasteiger partial charge in [0, 0.05) is 36.0 Å². The van der Waals surface area contributed by atoms with Crippen molar-refractivity contribution in [3.05, 3.63) is 52.7 Å². The van der Waals surface area contributed by atoms with E-state index in [0.29, 0.717) is 25.1 Å². The van der Waals surface area contributed by atoms with Crippen LogP contribution < -0.4 is 4.72 Å². The lowest BCUT2D eigenvalue weighted by Crippen LogP contribution is -2.36. The smallest absolute Gasteiger partial charge is 0.254 e. The fourth-order valence-corrected chi connectivity index (χ4v) is 4.85. The van der Waals surface area contributed by atoms with Crippen molar-refractivity contribution >= 4 is 27.3 Å². The first kappa shape index (κ1) is 18.8. The molecule has 0 spiro atoms. The summed E-state index contributed by atoms with van der Waals surface area (Å²) in [6, 6.07) is 8.49. The molecule has 0 atom stereocenters. The highest BCUT2D eigenvalue weighted by Gasteiger charge is 2.28. The maximum absolute atomic E-state index is 13.4. The van der Waals surface area contributed by atoms with Crippen molar-refractivity contribution in [3.8, 4) is 10.4 Å². The molecule has 0 bridgehead atoms. The Morgan fingerprint density at radius 2 is 2.11 bits per heavy atom. The monoisotopic (exact) mass is 417 g/mol. The lowest BCUT2D eigenvalue weighted by molar-refractivity contribution is 0.0731. The third-order valence-corrected chi connectivity index (χ3v) is 7.17. The minimum atomic E-state index is -3.66. The van der Waals surface area contributed by atoms with Crippen LogP contribution in [0.5, 0.6) is 0 Å². The van der Waals surface area contributed by atoms with Gasteiger partial charge in [0.2, 0.25) is 10.0 Å². The van der Waals surface area contributed by atoms with Crippen LogP contribution in [0.15, 0.2) is 40.6 Å². The maximum Gasteiger partial charge on any atom is 0.254 e. The fourth-order valence-electron chi connectivity index (χ4n) is 3.32. The number of rotatable bonds is 4. The zero-order chi connectivity index (χ0) is 19.9. The van der Waals surface area contributed by atoms with Crippen molar-refractivity contribution in [3.63, 3.8) is 0 Å². The zero-order valence-electron chi connectivity index (χ0n) is 15.4. The third kappa shape index (κ3) is 3.23. The molecule has 8 nitrogen and oxygen atoms in total. The molecule has 10 heteroatoms. The van der Waals surface area contributed by atoms with Gasteiger partial charge in [-0.05, 0) is 30.6 Å². The van der Waals surface area contributed by atoms with Crippen LogP contribution in [-0.2, 0) is 30.0 Å². The minimum absolute atomic E-state index is 0.0656. The second-order valence-corrected chi connectivity index (χ2v) is 9.31. The number of sulfonamides is 1. The summed E-state index contributed by atoms with van der Waals surface area (Å²) in [4.78, 5) is 16.0. The summed E-state index contributed by atoms with van der Waals surface area (Å²) in [5.74, 6) is -0.215. The van der Waals surface area contributed by atoms with Crippen molar-refractivity contribution < 1.29 is 13.2 Å². The SMILES string of the molecule is CNS(=O)(=O)c1ccc(-c2cccs2)c(C(=O)N2CCc3c(nnn3C)C2)c1. The van der Waals surface area contributed by atoms with Crippen molar-refractivity contribution in [2.45, 2.75) is 17.9 Å². The van der Waals surface area contributed by atoms with Gasteiger partial charge in [-0.1, -0.05) is 17.3 Å². The number of amides is 1. The Labute approximate surface area is 166 Å². The Balaban J connectivity index is 1.76. The second kappa shape index (κ2) is 7.12. The van der Waals surface area contributed by atoms with Crippen LogP contribution in [0.1, 0.15) is 21.7 Å². The molecule has 1 aliphatic heterocycles. The van der Waals surface area contributed by atoms with Crippen LogP contribution in [0.2, 0.25) is 0 Å². The maximum atomic E-state index is 13.4. The summed E-state index contributed by atoms with van der Waals surface area (Å²) in [6.07, 6.45) is 0.660. The number of hydrogen-bond donors (Lipinski definition) is 1. The largest absolute Gasteiger partial charge is 0.332 e. The van der Waals surface area contributed by atoms with Crippen molar-refractivity contribution in [2.75, 3.05) is 13.6 Å². The molecule has 0 aliphatic carbocycles. The topological polar surface area (TPSA) is 97.2 Å². The molecule has 0 saturated carbocycles. The first-order chi connectivity index (χ1) is 13.4. The molecule has 4 rings (SSSR count). The highest BCUT2D eigenvalue weighted by Crippen LogP contribution is 2.31. The van der Waals surface area contributed by atoms with E-state index in [2.05, 4.69) is 15.0 Å². The van der Waals surface area contributed by atoms with Crippen LogP contribution >= 0.6 is 11.3 Å². The van der Waals surface area contributed by atoms with Crippen LogP contribution in [0.25, 0.3) is 10.4 Å². The third-order valence-electron chi connectivity index (χ3n) is 4.86. The lowest BCUT2D eigenvalue weighted by Gasteiger charge is -2.27. The molecule has 3 heterocycles. The number of aryl methyl sites for hydroxylation is 1. The van der Waals surface area contributed by atoms with Crippen LogP contribution in [0.3, 0.4) is 0 Å². The number of aromatic nitrogens is 3. The summed E-state index contributed by atoms with van der Waals surface area (Å²) < 4.78 is 28.6. The molecule has 1 N–H and O–H groups in total. The Bertz CT molecular complexity index is 1140. The van der Waals surface area contributed by atoms with Gasteiger partial charge in [-0.25, -0.2) is 13.1 Å². The van der Waals surface area contributed by atoms with Crippen molar-refractivity contribution in [2.24, 2.45) is 7.05 Å². The number of benzene rings is 1. The zero-order valence-corrected chi connectivity index (χ0v) is 17.0. The van der Waals surface area contributed by atoms with Crippen molar-refractivity contribution in [1.29, 1.82) is 0 Å². The molecular formula is C18H19N5O3S2. The Morgan fingerprint density at radius 1 is 1.29 bits per heavy atom. The summed E-state index contributed by atoms with van der Waals surface area (Å²) in [6.45, 7) is 0.884. The normalized spacial score (nSPS) is 14.1. The van der Waals surface area contributed by atoms with Gasteiger partial charge in [-0.15, -0.1) is 16.4 Å². The Morgan fingerprint density at radius 3 is 2.82 bits per heavy atom. The number of fused-ring (bicyclic) bond motifs is 1. The first-order valence-corrected chi connectivity index (χ1v) is 11.0. The van der Waals surface area contributed by atoms with E-state index < -0.39 is 10.0 Å². The predicted molar refractivity (Wildman–Crippen MR) is 105 cm³/mol. The number of nitrogens with zero attached hydrogens (tertiary/aromatic N) is 4. The number of nitrogens with one attached hydrogen (secondary N) is 1. The van der Waals surface area contributed by atoms with Gasteiger partial charge < -0.3 is 4.90 Å². The Hall–Kier alpha value is -2.56. The van der Waals surface area contributed by atoms with E-state index in [1.54, 1.807) is 15.6 Å². The van der Waals surface area contributed by atoms with Crippen molar-refractivity contribution in [1.82, 2.24) is 24.6 Å². The average Bonchev–Trinajstić information content (AvgIpc) is 3.37. The molecule has 1 amide bonds. The molecule has 3 aromatic rings.